The van der Waals surface area contributed by atoms with Crippen LogP contribution in [0.5, 0.6) is 0 Å². The molecule has 0 radical (unpaired) electrons. The fraction of sp³-hybridized carbons (Fsp3) is 0.333. The Bertz CT molecular complexity index is 711. The van der Waals surface area contributed by atoms with E-state index in [0.29, 0.717) is 0 Å². The van der Waals surface area contributed by atoms with Crippen LogP contribution in [0.1, 0.15) is 44.9 Å². The van der Waals surface area contributed by atoms with Crippen molar-refractivity contribution in [3.63, 3.8) is 0 Å². The Morgan fingerprint density at radius 3 is 1.17 bits per heavy atom. The van der Waals surface area contributed by atoms with Crippen molar-refractivity contribution >= 4 is 40.2 Å². The van der Waals surface area contributed by atoms with E-state index < -0.39 is 7.26 Å². The van der Waals surface area contributed by atoms with Crippen molar-refractivity contribution in [3.8, 4) is 0 Å². The monoisotopic (exact) mass is 484 g/mol. The highest BCUT2D eigenvalue weighted by atomic mass is 79.9. The zero-order valence-electron chi connectivity index (χ0n) is 18.0. The van der Waals surface area contributed by atoms with Crippen LogP contribution in [0.4, 0.5) is 0 Å². The molecule has 1 nitrogen and oxygen atoms in total. The quantitative estimate of drug-likeness (QED) is 0.238. The van der Waals surface area contributed by atoms with Crippen molar-refractivity contribution in [1.29, 1.82) is 0 Å². The zero-order chi connectivity index (χ0) is 20.2. The molecule has 0 aliphatic heterocycles. The van der Waals surface area contributed by atoms with Crippen LogP contribution in [0.15, 0.2) is 91.0 Å². The summed E-state index contributed by atoms with van der Waals surface area (Å²) in [6.45, 7) is 0.832. The molecule has 0 fully saturated rings. The fourth-order valence-corrected chi connectivity index (χ4v) is 8.67. The molecule has 0 heterocycles. The van der Waals surface area contributed by atoms with Crippen LogP contribution in [-0.2, 0) is 0 Å². The standard InChI is InChI=1S/C27H35NP.BrH/c28-23-15-4-2-1-3-5-16-24-29(25-17-9-6-10-18-25,26-19-11-7-12-20-26)27-21-13-8-14-22-27;/h6-14,17-22H,1-5,15-16,23-24,28H2;1H/q+1;. The van der Waals surface area contributed by atoms with Gasteiger partial charge in [0.25, 0.3) is 0 Å². The molecule has 0 saturated carbocycles. The number of nitrogens with two attached hydrogens (primary N) is 1. The Kier molecular flexibility index (Phi) is 11.4. The number of unbranched alkanes of at least 4 members (excludes halogenated alkanes) is 6. The van der Waals surface area contributed by atoms with Gasteiger partial charge in [-0.15, -0.1) is 17.0 Å². The molecule has 30 heavy (non-hydrogen) atoms. The minimum absolute atomic E-state index is 0. The predicted octanol–water partition coefficient (Wildman–Crippen LogP) is 6.25. The molecule has 0 aliphatic carbocycles. The second-order valence-electron chi connectivity index (χ2n) is 7.80. The lowest BCUT2D eigenvalue weighted by Gasteiger charge is -2.27. The zero-order valence-corrected chi connectivity index (χ0v) is 20.6. The summed E-state index contributed by atoms with van der Waals surface area (Å²) >= 11 is 0. The van der Waals surface area contributed by atoms with Gasteiger partial charge in [0.2, 0.25) is 0 Å². The van der Waals surface area contributed by atoms with E-state index in [4.69, 9.17) is 5.73 Å². The molecule has 0 amide bonds. The van der Waals surface area contributed by atoms with Gasteiger partial charge in [-0.2, -0.15) is 0 Å². The summed E-state index contributed by atoms with van der Waals surface area (Å²) in [5.41, 5.74) is 5.61. The topological polar surface area (TPSA) is 26.0 Å². The predicted molar refractivity (Wildman–Crippen MR) is 142 cm³/mol. The first-order valence-electron chi connectivity index (χ1n) is 11.1. The second-order valence-corrected chi connectivity index (χ2v) is 11.4. The minimum Gasteiger partial charge on any atom is -0.330 e. The maximum absolute atomic E-state index is 5.61. The Morgan fingerprint density at radius 1 is 0.467 bits per heavy atom. The lowest BCUT2D eigenvalue weighted by atomic mass is 10.1. The normalized spacial score (nSPS) is 11.1. The van der Waals surface area contributed by atoms with Crippen LogP contribution in [-0.4, -0.2) is 12.7 Å². The van der Waals surface area contributed by atoms with E-state index in [1.165, 1.54) is 67.0 Å². The van der Waals surface area contributed by atoms with Gasteiger partial charge in [0.1, 0.15) is 23.2 Å². The van der Waals surface area contributed by atoms with Gasteiger partial charge in [-0.25, -0.2) is 0 Å². The molecule has 3 heteroatoms. The van der Waals surface area contributed by atoms with Crippen molar-refractivity contribution in [2.24, 2.45) is 5.73 Å². The number of halogens is 1. The third-order valence-electron chi connectivity index (χ3n) is 5.79. The third-order valence-corrected chi connectivity index (χ3v) is 10.3. The highest BCUT2D eigenvalue weighted by molar-refractivity contribution is 8.93. The van der Waals surface area contributed by atoms with Gasteiger partial charge < -0.3 is 5.73 Å². The first kappa shape index (κ1) is 24.8. The molecule has 0 saturated heterocycles. The lowest BCUT2D eigenvalue weighted by molar-refractivity contribution is 0.594. The molecule has 0 bridgehead atoms. The molecular weight excluding hydrogens is 449 g/mol. The van der Waals surface area contributed by atoms with Crippen LogP contribution in [0.2, 0.25) is 0 Å². The summed E-state index contributed by atoms with van der Waals surface area (Å²) in [7, 11) is -1.64. The van der Waals surface area contributed by atoms with Gasteiger partial charge in [-0.1, -0.05) is 80.3 Å². The van der Waals surface area contributed by atoms with E-state index >= 15 is 0 Å². The van der Waals surface area contributed by atoms with Gasteiger partial charge >= 0.3 is 0 Å². The van der Waals surface area contributed by atoms with Gasteiger partial charge in [0, 0.05) is 0 Å². The van der Waals surface area contributed by atoms with Crippen LogP contribution in [0.3, 0.4) is 0 Å². The summed E-state index contributed by atoms with van der Waals surface area (Å²) in [5, 5.41) is 4.50. The van der Waals surface area contributed by atoms with Gasteiger partial charge in [-0.3, -0.25) is 0 Å². The van der Waals surface area contributed by atoms with Crippen LogP contribution < -0.4 is 21.6 Å². The van der Waals surface area contributed by atoms with Crippen molar-refractivity contribution < 1.29 is 0 Å². The first-order valence-corrected chi connectivity index (χ1v) is 13.1. The molecule has 3 aromatic carbocycles. The minimum atomic E-state index is -1.64. The summed E-state index contributed by atoms with van der Waals surface area (Å²) < 4.78 is 0. The fourth-order valence-electron chi connectivity index (χ4n) is 4.26. The SMILES string of the molecule is Br.NCCCCCCCCC[P+](c1ccccc1)(c1ccccc1)c1ccccc1. The highest BCUT2D eigenvalue weighted by Gasteiger charge is 2.44. The molecule has 0 spiro atoms. The number of hydrogen-bond donors (Lipinski definition) is 1. The summed E-state index contributed by atoms with van der Waals surface area (Å²) in [5.74, 6) is 0. The third kappa shape index (κ3) is 6.51. The van der Waals surface area contributed by atoms with E-state index in [-0.39, 0.29) is 17.0 Å². The van der Waals surface area contributed by atoms with Crippen LogP contribution >= 0.6 is 24.2 Å². The van der Waals surface area contributed by atoms with E-state index in [1.807, 2.05) is 0 Å². The molecule has 0 aliphatic rings. The van der Waals surface area contributed by atoms with E-state index in [2.05, 4.69) is 91.0 Å². The molecule has 0 atom stereocenters. The van der Waals surface area contributed by atoms with Gasteiger partial charge in [0.15, 0.2) is 0 Å². The lowest BCUT2D eigenvalue weighted by Crippen LogP contribution is -2.33. The number of benzene rings is 3. The maximum Gasteiger partial charge on any atom is 0.112 e. The van der Waals surface area contributed by atoms with E-state index in [1.54, 1.807) is 0 Å². The Labute approximate surface area is 194 Å². The van der Waals surface area contributed by atoms with Crippen molar-refractivity contribution in [1.82, 2.24) is 0 Å². The molecule has 3 rings (SSSR count). The molecule has 0 unspecified atom stereocenters. The van der Waals surface area contributed by atoms with Crippen molar-refractivity contribution in [2.75, 3.05) is 12.7 Å². The Morgan fingerprint density at radius 2 is 0.800 bits per heavy atom. The number of hydrogen-bond acceptors (Lipinski definition) is 1. The van der Waals surface area contributed by atoms with Gasteiger partial charge in [0.05, 0.1) is 6.16 Å². The molecule has 2 N–H and O–H groups in total. The molecule has 160 valence electrons. The van der Waals surface area contributed by atoms with E-state index in [0.717, 1.165) is 6.54 Å². The number of rotatable bonds is 12. The van der Waals surface area contributed by atoms with E-state index in [9.17, 15) is 0 Å². The molecule has 0 aromatic heterocycles. The summed E-state index contributed by atoms with van der Waals surface area (Å²) in [6.07, 6.45) is 10.3. The summed E-state index contributed by atoms with van der Waals surface area (Å²) in [4.78, 5) is 0. The first-order chi connectivity index (χ1) is 14.4. The van der Waals surface area contributed by atoms with Crippen LogP contribution in [0.25, 0.3) is 0 Å². The summed E-state index contributed by atoms with van der Waals surface area (Å²) in [6, 6.07) is 33.7. The average molecular weight is 485 g/mol. The second kappa shape index (κ2) is 13.8. The highest BCUT2D eigenvalue weighted by Crippen LogP contribution is 2.55. The Hall–Kier alpha value is -1.47. The van der Waals surface area contributed by atoms with Crippen molar-refractivity contribution in [2.45, 2.75) is 44.9 Å². The maximum atomic E-state index is 5.61. The molecule has 3 aromatic rings. The Balaban J connectivity index is 0.00000320. The van der Waals surface area contributed by atoms with Gasteiger partial charge in [-0.05, 0) is 62.2 Å². The van der Waals surface area contributed by atoms with Crippen molar-refractivity contribution in [3.05, 3.63) is 91.0 Å². The van der Waals surface area contributed by atoms with Crippen LogP contribution in [0, 0.1) is 0 Å². The largest absolute Gasteiger partial charge is 0.330 e. The molecular formula is C27H36BrNP+. The smallest absolute Gasteiger partial charge is 0.112 e. The average Bonchev–Trinajstić information content (AvgIpc) is 2.80.